The number of hydrogen-bond acceptors (Lipinski definition) is 9. The van der Waals surface area contributed by atoms with Crippen LogP contribution >= 0.6 is 23.2 Å². The van der Waals surface area contributed by atoms with E-state index in [4.69, 9.17) is 46.9 Å². The number of fused-ring (bicyclic) bond motifs is 1. The molecule has 0 amide bonds. The van der Waals surface area contributed by atoms with Gasteiger partial charge in [-0.05, 0) is 30.7 Å². The summed E-state index contributed by atoms with van der Waals surface area (Å²) < 4.78 is 29.1. The summed E-state index contributed by atoms with van der Waals surface area (Å²) in [7, 11) is 1.61. The molecule has 0 spiro atoms. The van der Waals surface area contributed by atoms with Gasteiger partial charge in [0.2, 0.25) is 0 Å². The average Bonchev–Trinajstić information content (AvgIpc) is 2.93. The molecule has 0 radical (unpaired) electrons. The summed E-state index contributed by atoms with van der Waals surface area (Å²) in [5, 5.41) is 5.00. The quantitative estimate of drug-likeness (QED) is 0.400. The first-order valence-electron chi connectivity index (χ1n) is 12.3. The molecule has 3 aromatic rings. The van der Waals surface area contributed by atoms with E-state index in [1.165, 1.54) is 6.33 Å². The van der Waals surface area contributed by atoms with Crippen molar-refractivity contribution >= 4 is 45.6 Å². The predicted molar refractivity (Wildman–Crippen MR) is 142 cm³/mol. The summed E-state index contributed by atoms with van der Waals surface area (Å²) in [6, 6.07) is 9.03. The number of nitrogens with one attached hydrogen (secondary N) is 1. The van der Waals surface area contributed by atoms with E-state index in [0.717, 1.165) is 56.8 Å². The zero-order valence-electron chi connectivity index (χ0n) is 20.6. The Labute approximate surface area is 225 Å². The third-order valence-corrected chi connectivity index (χ3v) is 7.07. The number of anilines is 2. The van der Waals surface area contributed by atoms with Gasteiger partial charge in [0.05, 0.1) is 42.5 Å². The van der Waals surface area contributed by atoms with Crippen molar-refractivity contribution in [3.05, 3.63) is 46.7 Å². The maximum atomic E-state index is 6.17. The van der Waals surface area contributed by atoms with Crippen molar-refractivity contribution in [1.82, 2.24) is 14.9 Å². The molecule has 2 aromatic carbocycles. The largest absolute Gasteiger partial charge is 0.493 e. The van der Waals surface area contributed by atoms with Crippen LogP contribution in [0.4, 0.5) is 11.5 Å². The molecule has 1 unspecified atom stereocenters. The van der Waals surface area contributed by atoms with Crippen LogP contribution in [0.5, 0.6) is 11.5 Å². The van der Waals surface area contributed by atoms with Gasteiger partial charge in [-0.15, -0.1) is 0 Å². The molecular weight excluding hydrogens is 519 g/mol. The maximum absolute atomic E-state index is 6.17. The van der Waals surface area contributed by atoms with Gasteiger partial charge in [0.1, 0.15) is 24.9 Å². The molecule has 37 heavy (non-hydrogen) atoms. The van der Waals surface area contributed by atoms with Gasteiger partial charge < -0.3 is 29.0 Å². The third kappa shape index (κ3) is 6.73. The number of aromatic nitrogens is 2. The van der Waals surface area contributed by atoms with Crippen molar-refractivity contribution in [1.29, 1.82) is 0 Å². The fourth-order valence-electron chi connectivity index (χ4n) is 4.40. The molecule has 1 atom stereocenters. The molecule has 2 aliphatic heterocycles. The van der Waals surface area contributed by atoms with E-state index in [-0.39, 0.29) is 12.4 Å². The molecule has 5 rings (SSSR count). The van der Waals surface area contributed by atoms with E-state index in [1.807, 2.05) is 18.2 Å². The number of halogens is 2. The van der Waals surface area contributed by atoms with Crippen LogP contribution in [0, 0.1) is 0 Å². The van der Waals surface area contributed by atoms with Gasteiger partial charge in [-0.1, -0.05) is 23.2 Å². The van der Waals surface area contributed by atoms with Crippen LogP contribution in [0.2, 0.25) is 10.0 Å². The monoisotopic (exact) mass is 548 g/mol. The molecule has 198 valence electrons. The van der Waals surface area contributed by atoms with Gasteiger partial charge >= 0.3 is 0 Å². The number of hydrogen-bond donors (Lipinski definition) is 1. The summed E-state index contributed by atoms with van der Waals surface area (Å²) in [5.74, 6) is 1.79. The van der Waals surface area contributed by atoms with Crippen molar-refractivity contribution in [2.75, 3.05) is 58.5 Å². The molecule has 0 aliphatic carbocycles. The lowest BCUT2D eigenvalue weighted by Gasteiger charge is -2.34. The number of nitrogens with zero attached hydrogens (tertiary/aromatic N) is 3. The Morgan fingerprint density at radius 1 is 1.03 bits per heavy atom. The fourth-order valence-corrected chi connectivity index (χ4v) is 4.70. The average molecular weight is 549 g/mol. The van der Waals surface area contributed by atoms with E-state index < -0.39 is 0 Å². The normalized spacial score (nSPS) is 19.2. The summed E-state index contributed by atoms with van der Waals surface area (Å²) in [5.41, 5.74) is 1.47. The van der Waals surface area contributed by atoms with Crippen LogP contribution in [-0.2, 0) is 14.2 Å². The maximum Gasteiger partial charge on any atom is 0.163 e. The molecule has 1 aromatic heterocycles. The molecule has 11 heteroatoms. The van der Waals surface area contributed by atoms with Crippen molar-refractivity contribution < 1.29 is 23.7 Å². The zero-order valence-corrected chi connectivity index (χ0v) is 22.1. The molecule has 9 nitrogen and oxygen atoms in total. The lowest BCUT2D eigenvalue weighted by atomic mass is 10.2. The van der Waals surface area contributed by atoms with E-state index in [2.05, 4.69) is 20.2 Å². The topological polar surface area (TPSA) is 87.2 Å². The summed E-state index contributed by atoms with van der Waals surface area (Å²) >= 11 is 12.2. The van der Waals surface area contributed by atoms with E-state index >= 15 is 0 Å². The summed E-state index contributed by atoms with van der Waals surface area (Å²) in [4.78, 5) is 11.2. The van der Waals surface area contributed by atoms with Gasteiger partial charge in [0.25, 0.3) is 0 Å². The summed E-state index contributed by atoms with van der Waals surface area (Å²) in [6.07, 6.45) is 3.16. The number of ether oxygens (including phenoxy) is 5. The highest BCUT2D eigenvalue weighted by Crippen LogP contribution is 2.35. The second-order valence-corrected chi connectivity index (χ2v) is 9.73. The van der Waals surface area contributed by atoms with Crippen LogP contribution in [0.1, 0.15) is 12.8 Å². The Morgan fingerprint density at radius 3 is 2.70 bits per heavy atom. The van der Waals surface area contributed by atoms with E-state index in [0.29, 0.717) is 46.1 Å². The Bertz CT molecular complexity index is 1210. The van der Waals surface area contributed by atoms with Crippen LogP contribution < -0.4 is 14.8 Å². The Morgan fingerprint density at radius 2 is 1.89 bits per heavy atom. The molecule has 2 aliphatic rings. The van der Waals surface area contributed by atoms with Crippen molar-refractivity contribution in [2.24, 2.45) is 0 Å². The minimum Gasteiger partial charge on any atom is -0.493 e. The second-order valence-electron chi connectivity index (χ2n) is 8.91. The second kappa shape index (κ2) is 12.4. The molecule has 2 saturated heterocycles. The van der Waals surface area contributed by atoms with Crippen LogP contribution in [0.3, 0.4) is 0 Å². The van der Waals surface area contributed by atoms with Gasteiger partial charge in [-0.3, -0.25) is 4.90 Å². The zero-order chi connectivity index (χ0) is 25.6. The van der Waals surface area contributed by atoms with Crippen LogP contribution in [0.25, 0.3) is 10.9 Å². The highest BCUT2D eigenvalue weighted by atomic mass is 35.5. The van der Waals surface area contributed by atoms with E-state index in [9.17, 15) is 0 Å². The first-order chi connectivity index (χ1) is 18.1. The Balaban J connectivity index is 1.23. The van der Waals surface area contributed by atoms with Crippen molar-refractivity contribution in [3.8, 4) is 11.5 Å². The van der Waals surface area contributed by atoms with Gasteiger partial charge in [0, 0.05) is 43.2 Å². The van der Waals surface area contributed by atoms with Crippen molar-refractivity contribution in [3.63, 3.8) is 0 Å². The Hall–Kier alpha value is -2.40. The Kier molecular flexibility index (Phi) is 8.81. The number of morpholine rings is 1. The lowest BCUT2D eigenvalue weighted by molar-refractivity contribution is -0.184. The number of benzene rings is 2. The standard InChI is InChI=1S/C26H30Cl2N4O5/c1-33-23-12-19-22(29-16-30-26(19)31-17-3-4-20(27)21(28)11-17)13-24(23)37-15-18-14-32(7-10-34-18)6-5-25-35-8-2-9-36-25/h3-4,11-13,16,18,25H,2,5-10,14-15H2,1H3,(H,29,30,31). The number of rotatable bonds is 9. The molecule has 0 bridgehead atoms. The highest BCUT2D eigenvalue weighted by molar-refractivity contribution is 6.42. The van der Waals surface area contributed by atoms with Crippen molar-refractivity contribution in [2.45, 2.75) is 25.2 Å². The van der Waals surface area contributed by atoms with Gasteiger partial charge in [-0.25, -0.2) is 9.97 Å². The highest BCUT2D eigenvalue weighted by Gasteiger charge is 2.24. The first-order valence-corrected chi connectivity index (χ1v) is 13.1. The molecule has 2 fully saturated rings. The lowest BCUT2D eigenvalue weighted by Crippen LogP contribution is -2.46. The smallest absolute Gasteiger partial charge is 0.163 e. The van der Waals surface area contributed by atoms with Crippen LogP contribution in [-0.4, -0.2) is 80.4 Å². The van der Waals surface area contributed by atoms with Gasteiger partial charge in [-0.2, -0.15) is 0 Å². The minimum absolute atomic E-state index is 0.0559. The molecular formula is C26H30Cl2N4O5. The molecule has 3 heterocycles. The van der Waals surface area contributed by atoms with Gasteiger partial charge in [0.15, 0.2) is 17.8 Å². The number of methoxy groups -OCH3 is 1. The SMILES string of the molecule is COc1cc2c(Nc3ccc(Cl)c(Cl)c3)ncnc2cc1OCC1CN(CCC2OCCCO2)CCO1. The molecule has 0 saturated carbocycles. The predicted octanol–water partition coefficient (Wildman–Crippen LogP) is 4.92. The van der Waals surface area contributed by atoms with E-state index in [1.54, 1.807) is 19.2 Å². The summed E-state index contributed by atoms with van der Waals surface area (Å²) in [6.45, 7) is 5.16. The fraction of sp³-hybridized carbons (Fsp3) is 0.462. The first kappa shape index (κ1) is 26.2. The molecule has 1 N–H and O–H groups in total. The minimum atomic E-state index is -0.105. The third-order valence-electron chi connectivity index (χ3n) is 6.33. The van der Waals surface area contributed by atoms with Crippen LogP contribution in [0.15, 0.2) is 36.7 Å².